The smallest absolute Gasteiger partial charge is 0.301 e. The Kier molecular flexibility index (Phi) is 4.05. The number of piperidine rings is 1. The monoisotopic (exact) mass is 311 g/mol. The molecule has 116 valence electrons. The average Bonchev–Trinajstić information content (AvgIpc) is 2.80. The van der Waals surface area contributed by atoms with Crippen molar-refractivity contribution in [1.82, 2.24) is 10.0 Å². The van der Waals surface area contributed by atoms with E-state index >= 15 is 0 Å². The molecule has 1 aromatic rings. The Bertz CT molecular complexity index is 612. The summed E-state index contributed by atoms with van der Waals surface area (Å²) in [7, 11) is -3.49. The summed E-state index contributed by atoms with van der Waals surface area (Å²) < 4.78 is 27.3. The summed E-state index contributed by atoms with van der Waals surface area (Å²) in [6, 6.07) is 5.31. The fourth-order valence-corrected chi connectivity index (χ4v) is 4.31. The van der Waals surface area contributed by atoms with Crippen LogP contribution in [0.2, 0.25) is 0 Å². The van der Waals surface area contributed by atoms with Crippen LogP contribution >= 0.6 is 0 Å². The number of benzene rings is 1. The quantitative estimate of drug-likeness (QED) is 0.763. The maximum absolute atomic E-state index is 11.8. The number of rotatable bonds is 3. The van der Waals surface area contributed by atoms with E-state index in [0.717, 1.165) is 25.1 Å². The summed E-state index contributed by atoms with van der Waals surface area (Å²) in [6.07, 6.45) is 3.29. The zero-order chi connectivity index (χ0) is 14.9. The van der Waals surface area contributed by atoms with Gasteiger partial charge in [-0.3, -0.25) is 4.31 Å². The maximum atomic E-state index is 11.8. The van der Waals surface area contributed by atoms with E-state index in [-0.39, 0.29) is 5.75 Å². The minimum Gasteiger partial charge on any atom is -0.506 e. The number of hydrogen-bond donors (Lipinski definition) is 3. The predicted octanol–water partition coefficient (Wildman–Crippen LogP) is 0.589. The van der Waals surface area contributed by atoms with E-state index in [1.54, 1.807) is 12.1 Å². The number of phenols is 1. The highest BCUT2D eigenvalue weighted by Gasteiger charge is 2.29. The summed E-state index contributed by atoms with van der Waals surface area (Å²) in [5, 5.41) is 13.5. The van der Waals surface area contributed by atoms with Crippen molar-refractivity contribution in [1.29, 1.82) is 0 Å². The van der Waals surface area contributed by atoms with Crippen molar-refractivity contribution in [3.05, 3.63) is 23.8 Å². The molecule has 0 aromatic heterocycles. The van der Waals surface area contributed by atoms with Gasteiger partial charge < -0.3 is 10.4 Å². The summed E-state index contributed by atoms with van der Waals surface area (Å²) in [4.78, 5) is 0. The first kappa shape index (κ1) is 14.6. The number of anilines is 1. The van der Waals surface area contributed by atoms with Crippen molar-refractivity contribution in [2.75, 3.05) is 30.5 Å². The van der Waals surface area contributed by atoms with E-state index in [2.05, 4.69) is 10.0 Å². The lowest BCUT2D eigenvalue weighted by Gasteiger charge is -2.23. The lowest BCUT2D eigenvalue weighted by molar-refractivity contribution is 0.375. The largest absolute Gasteiger partial charge is 0.506 e. The van der Waals surface area contributed by atoms with Crippen molar-refractivity contribution in [3.8, 4) is 5.75 Å². The van der Waals surface area contributed by atoms with Crippen LogP contribution in [0.15, 0.2) is 18.2 Å². The Labute approximate surface area is 125 Å². The fraction of sp³-hybridized carbons (Fsp3) is 0.571. The average molecular weight is 311 g/mol. The third-order valence-electron chi connectivity index (χ3n) is 4.12. The highest BCUT2D eigenvalue weighted by molar-refractivity contribution is 7.91. The molecule has 1 atom stereocenters. The molecule has 0 aliphatic carbocycles. The minimum atomic E-state index is -3.49. The SMILES string of the molecule is O=S1(=O)NCCN1c1ccc(CC2CCCNC2)cc1O. The second kappa shape index (κ2) is 5.82. The number of hydrogen-bond acceptors (Lipinski definition) is 4. The normalized spacial score (nSPS) is 25.1. The number of nitrogens with one attached hydrogen (secondary N) is 2. The number of nitrogens with zero attached hydrogens (tertiary/aromatic N) is 1. The Balaban J connectivity index is 1.76. The number of phenolic OH excluding ortho intramolecular Hbond substituents is 1. The van der Waals surface area contributed by atoms with E-state index in [1.165, 1.54) is 17.1 Å². The molecule has 2 fully saturated rings. The molecule has 2 heterocycles. The molecule has 7 heteroatoms. The first-order chi connectivity index (χ1) is 10.1. The minimum absolute atomic E-state index is 0.0311. The Morgan fingerprint density at radius 2 is 2.19 bits per heavy atom. The van der Waals surface area contributed by atoms with Crippen LogP contribution in [0.4, 0.5) is 5.69 Å². The molecule has 0 saturated carbocycles. The Morgan fingerprint density at radius 1 is 1.33 bits per heavy atom. The van der Waals surface area contributed by atoms with Gasteiger partial charge in [0.15, 0.2) is 0 Å². The summed E-state index contributed by atoms with van der Waals surface area (Å²) in [6.45, 7) is 2.81. The van der Waals surface area contributed by atoms with Gasteiger partial charge in [0.1, 0.15) is 5.75 Å². The maximum Gasteiger partial charge on any atom is 0.301 e. The van der Waals surface area contributed by atoms with Crippen LogP contribution in [0.3, 0.4) is 0 Å². The molecule has 21 heavy (non-hydrogen) atoms. The molecule has 0 bridgehead atoms. The van der Waals surface area contributed by atoms with Crippen molar-refractivity contribution in [2.45, 2.75) is 19.3 Å². The van der Waals surface area contributed by atoms with E-state index in [9.17, 15) is 13.5 Å². The van der Waals surface area contributed by atoms with E-state index in [0.29, 0.717) is 24.7 Å². The second-order valence-corrected chi connectivity index (χ2v) is 7.39. The molecule has 1 unspecified atom stereocenters. The number of aromatic hydroxyl groups is 1. The van der Waals surface area contributed by atoms with Gasteiger partial charge in [-0.05, 0) is 56.0 Å². The predicted molar refractivity (Wildman–Crippen MR) is 81.7 cm³/mol. The van der Waals surface area contributed by atoms with Crippen LogP contribution in [-0.4, -0.2) is 39.7 Å². The summed E-state index contributed by atoms with van der Waals surface area (Å²) in [5.74, 6) is 0.615. The molecule has 3 N–H and O–H groups in total. The summed E-state index contributed by atoms with van der Waals surface area (Å²) in [5.41, 5.74) is 1.40. The van der Waals surface area contributed by atoms with Crippen LogP contribution < -0.4 is 14.3 Å². The van der Waals surface area contributed by atoms with Crippen molar-refractivity contribution < 1.29 is 13.5 Å². The van der Waals surface area contributed by atoms with E-state index < -0.39 is 10.2 Å². The first-order valence-electron chi connectivity index (χ1n) is 7.36. The molecule has 0 radical (unpaired) electrons. The van der Waals surface area contributed by atoms with Gasteiger partial charge in [0.05, 0.1) is 5.69 Å². The van der Waals surface area contributed by atoms with E-state index in [1.807, 2.05) is 6.07 Å². The lowest BCUT2D eigenvalue weighted by Crippen LogP contribution is -2.31. The van der Waals surface area contributed by atoms with Gasteiger partial charge >= 0.3 is 10.2 Å². The van der Waals surface area contributed by atoms with Gasteiger partial charge in [-0.25, -0.2) is 0 Å². The van der Waals surface area contributed by atoms with Crippen molar-refractivity contribution >= 4 is 15.9 Å². The second-order valence-electron chi connectivity index (χ2n) is 5.71. The van der Waals surface area contributed by atoms with Crippen LogP contribution in [0.25, 0.3) is 0 Å². The molecule has 0 amide bonds. The topological polar surface area (TPSA) is 81.7 Å². The standard InChI is InChI=1S/C14H21N3O3S/c18-14-9-11(8-12-2-1-5-15-10-12)3-4-13(14)17-7-6-16-21(17,19)20/h3-4,9,12,15-16,18H,1-2,5-8,10H2. The molecule has 2 saturated heterocycles. The first-order valence-corrected chi connectivity index (χ1v) is 8.80. The zero-order valence-corrected chi connectivity index (χ0v) is 12.7. The van der Waals surface area contributed by atoms with Crippen molar-refractivity contribution in [3.63, 3.8) is 0 Å². The molecule has 3 rings (SSSR count). The van der Waals surface area contributed by atoms with Gasteiger partial charge in [0.25, 0.3) is 0 Å². The van der Waals surface area contributed by atoms with Gasteiger partial charge in [0, 0.05) is 13.1 Å². The Morgan fingerprint density at radius 3 is 2.81 bits per heavy atom. The summed E-state index contributed by atoms with van der Waals surface area (Å²) >= 11 is 0. The third-order valence-corrected chi connectivity index (χ3v) is 5.65. The van der Waals surface area contributed by atoms with Gasteiger partial charge in [-0.15, -0.1) is 0 Å². The van der Waals surface area contributed by atoms with Gasteiger partial charge in [-0.1, -0.05) is 6.07 Å². The third kappa shape index (κ3) is 3.14. The van der Waals surface area contributed by atoms with Gasteiger partial charge in [0.2, 0.25) is 0 Å². The molecule has 2 aliphatic rings. The lowest BCUT2D eigenvalue weighted by atomic mass is 9.92. The molecule has 2 aliphatic heterocycles. The molecule has 6 nitrogen and oxygen atoms in total. The highest BCUT2D eigenvalue weighted by atomic mass is 32.2. The fourth-order valence-electron chi connectivity index (χ4n) is 3.06. The Hall–Kier alpha value is -1.31. The van der Waals surface area contributed by atoms with Crippen molar-refractivity contribution in [2.24, 2.45) is 5.92 Å². The van der Waals surface area contributed by atoms with Crippen LogP contribution in [-0.2, 0) is 16.6 Å². The molecular formula is C14H21N3O3S. The molecular weight excluding hydrogens is 290 g/mol. The van der Waals surface area contributed by atoms with Crippen LogP contribution in [0.5, 0.6) is 5.75 Å². The highest BCUT2D eigenvalue weighted by Crippen LogP contribution is 2.32. The van der Waals surface area contributed by atoms with Crippen LogP contribution in [0.1, 0.15) is 18.4 Å². The van der Waals surface area contributed by atoms with Gasteiger partial charge in [-0.2, -0.15) is 13.1 Å². The van der Waals surface area contributed by atoms with E-state index in [4.69, 9.17) is 0 Å². The zero-order valence-electron chi connectivity index (χ0n) is 11.9. The molecule has 0 spiro atoms. The van der Waals surface area contributed by atoms with Crippen LogP contribution in [0, 0.1) is 5.92 Å². The molecule has 1 aromatic carbocycles.